The third-order valence-corrected chi connectivity index (χ3v) is 2.48. The number of nitrogens with two attached hydrogens (primary N) is 1. The number of aliphatic hydroxyl groups is 1. The average Bonchev–Trinajstić information content (AvgIpc) is 2.42. The van der Waals surface area contributed by atoms with E-state index in [2.05, 4.69) is 5.32 Å². The molecule has 0 bridgehead atoms. The van der Waals surface area contributed by atoms with E-state index < -0.39 is 30.6 Å². The molecule has 6 nitrogen and oxygen atoms in total. The van der Waals surface area contributed by atoms with Crippen LogP contribution >= 0.6 is 0 Å². The summed E-state index contributed by atoms with van der Waals surface area (Å²) in [6.45, 7) is 1.07. The Morgan fingerprint density at radius 2 is 2.00 bits per heavy atom. The summed E-state index contributed by atoms with van der Waals surface area (Å²) in [5.41, 5.74) is 6.23. The first-order valence-corrected chi connectivity index (χ1v) is 5.92. The molecule has 1 unspecified atom stereocenters. The van der Waals surface area contributed by atoms with Crippen LogP contribution in [0, 0.1) is 0 Å². The van der Waals surface area contributed by atoms with Gasteiger partial charge in [-0.3, -0.25) is 4.79 Å². The lowest BCUT2D eigenvalue weighted by atomic mass is 10.1. The van der Waals surface area contributed by atoms with Gasteiger partial charge in [-0.1, -0.05) is 30.3 Å². The highest BCUT2D eigenvalue weighted by molar-refractivity contribution is 5.91. The predicted octanol–water partition coefficient (Wildman–Crippen LogP) is 0.190. The number of ether oxygens (including phenoxy) is 1. The van der Waals surface area contributed by atoms with Gasteiger partial charge in [-0.2, -0.15) is 0 Å². The number of amides is 1. The Labute approximate surface area is 111 Å². The number of ketones is 1. The zero-order valence-corrected chi connectivity index (χ0v) is 10.7. The van der Waals surface area contributed by atoms with Crippen molar-refractivity contribution in [1.29, 1.82) is 0 Å². The molecule has 1 rings (SSSR count). The fourth-order valence-corrected chi connectivity index (χ4v) is 1.43. The van der Waals surface area contributed by atoms with Crippen molar-refractivity contribution in [2.75, 3.05) is 6.61 Å². The van der Waals surface area contributed by atoms with Gasteiger partial charge in [0.2, 0.25) is 0 Å². The Morgan fingerprint density at radius 3 is 2.53 bits per heavy atom. The SMILES string of the molecule is C[C@H](N)C(=O)C(CO)NC(=O)OCc1ccccc1. The van der Waals surface area contributed by atoms with Gasteiger partial charge in [-0.15, -0.1) is 0 Å². The Balaban J connectivity index is 2.44. The number of Topliss-reactive ketones (excluding diaryl/α,β-unsaturated/α-hetero) is 1. The number of hydrogen-bond acceptors (Lipinski definition) is 5. The number of aliphatic hydroxyl groups excluding tert-OH is 1. The number of nitrogens with one attached hydrogen (secondary N) is 1. The van der Waals surface area contributed by atoms with Crippen molar-refractivity contribution >= 4 is 11.9 Å². The topological polar surface area (TPSA) is 102 Å². The van der Waals surface area contributed by atoms with E-state index in [1.807, 2.05) is 30.3 Å². The van der Waals surface area contributed by atoms with Crippen LogP contribution in [0.15, 0.2) is 30.3 Å². The van der Waals surface area contributed by atoms with Crippen LogP contribution < -0.4 is 11.1 Å². The summed E-state index contributed by atoms with van der Waals surface area (Å²) in [6.07, 6.45) is -0.767. The van der Waals surface area contributed by atoms with Gasteiger partial charge in [-0.05, 0) is 12.5 Å². The molecule has 104 valence electrons. The van der Waals surface area contributed by atoms with Crippen LogP contribution in [0.1, 0.15) is 12.5 Å². The second kappa shape index (κ2) is 7.50. The number of alkyl carbamates (subject to hydrolysis) is 1. The van der Waals surface area contributed by atoms with Gasteiger partial charge in [0.05, 0.1) is 12.6 Å². The summed E-state index contributed by atoms with van der Waals surface area (Å²) < 4.78 is 4.94. The van der Waals surface area contributed by atoms with Crippen LogP contribution in [0.3, 0.4) is 0 Å². The van der Waals surface area contributed by atoms with Crippen molar-refractivity contribution in [1.82, 2.24) is 5.32 Å². The van der Waals surface area contributed by atoms with E-state index in [1.54, 1.807) is 0 Å². The zero-order valence-electron chi connectivity index (χ0n) is 10.7. The molecule has 0 fully saturated rings. The highest BCUT2D eigenvalue weighted by Gasteiger charge is 2.23. The minimum absolute atomic E-state index is 0.0944. The smallest absolute Gasteiger partial charge is 0.408 e. The normalized spacial score (nSPS) is 13.4. The lowest BCUT2D eigenvalue weighted by Gasteiger charge is -2.16. The van der Waals surface area contributed by atoms with E-state index in [1.165, 1.54) is 6.92 Å². The molecule has 19 heavy (non-hydrogen) atoms. The average molecular weight is 266 g/mol. The molecule has 0 aliphatic carbocycles. The third kappa shape index (κ3) is 5.07. The molecule has 0 aliphatic rings. The van der Waals surface area contributed by atoms with Crippen LogP contribution in [0.4, 0.5) is 4.79 Å². The molecule has 0 heterocycles. The lowest BCUT2D eigenvalue weighted by Crippen LogP contribution is -2.49. The van der Waals surface area contributed by atoms with Gasteiger partial charge in [0.25, 0.3) is 0 Å². The van der Waals surface area contributed by atoms with Gasteiger partial charge in [0.15, 0.2) is 5.78 Å². The Bertz CT molecular complexity index is 420. The molecule has 0 aliphatic heterocycles. The molecule has 2 atom stereocenters. The fourth-order valence-electron chi connectivity index (χ4n) is 1.43. The van der Waals surface area contributed by atoms with Gasteiger partial charge < -0.3 is 20.9 Å². The number of hydrogen-bond donors (Lipinski definition) is 3. The van der Waals surface area contributed by atoms with Crippen molar-refractivity contribution < 1.29 is 19.4 Å². The molecule has 0 radical (unpaired) electrons. The van der Waals surface area contributed by atoms with Crippen LogP contribution in [-0.2, 0) is 16.1 Å². The van der Waals surface area contributed by atoms with Crippen molar-refractivity contribution in [3.05, 3.63) is 35.9 Å². The molecule has 0 spiro atoms. The number of carbonyl (C=O) groups excluding carboxylic acids is 2. The Hall–Kier alpha value is -1.92. The minimum Gasteiger partial charge on any atom is -0.445 e. The molecule has 0 saturated carbocycles. The van der Waals surface area contributed by atoms with Crippen molar-refractivity contribution in [3.8, 4) is 0 Å². The van der Waals surface area contributed by atoms with Crippen molar-refractivity contribution in [2.24, 2.45) is 5.73 Å². The molecule has 4 N–H and O–H groups in total. The predicted molar refractivity (Wildman–Crippen MR) is 69.3 cm³/mol. The monoisotopic (exact) mass is 266 g/mol. The fraction of sp³-hybridized carbons (Fsp3) is 0.385. The Morgan fingerprint density at radius 1 is 1.37 bits per heavy atom. The van der Waals surface area contributed by atoms with E-state index in [4.69, 9.17) is 15.6 Å². The van der Waals surface area contributed by atoms with E-state index in [0.717, 1.165) is 5.56 Å². The molecular weight excluding hydrogens is 248 g/mol. The van der Waals surface area contributed by atoms with Gasteiger partial charge >= 0.3 is 6.09 Å². The molecule has 6 heteroatoms. The van der Waals surface area contributed by atoms with Crippen molar-refractivity contribution in [3.63, 3.8) is 0 Å². The third-order valence-electron chi connectivity index (χ3n) is 2.48. The van der Waals surface area contributed by atoms with E-state index in [-0.39, 0.29) is 6.61 Å². The number of rotatable bonds is 6. The minimum atomic E-state index is -1.04. The van der Waals surface area contributed by atoms with E-state index >= 15 is 0 Å². The molecule has 0 saturated heterocycles. The summed E-state index contributed by atoms with van der Waals surface area (Å²) in [7, 11) is 0. The Kier molecular flexibility index (Phi) is 5.98. The number of carbonyl (C=O) groups is 2. The van der Waals surface area contributed by atoms with Crippen LogP contribution in [0.2, 0.25) is 0 Å². The molecule has 1 aromatic rings. The summed E-state index contributed by atoms with van der Waals surface area (Å²) in [5, 5.41) is 11.3. The highest BCUT2D eigenvalue weighted by atomic mass is 16.5. The molecular formula is C13H18N2O4. The van der Waals surface area contributed by atoms with Crippen molar-refractivity contribution in [2.45, 2.75) is 25.6 Å². The quantitative estimate of drug-likeness (QED) is 0.682. The molecule has 1 aromatic carbocycles. The summed E-state index contributed by atoms with van der Waals surface area (Å²) in [4.78, 5) is 23.0. The summed E-state index contributed by atoms with van der Waals surface area (Å²) in [6, 6.07) is 7.33. The largest absolute Gasteiger partial charge is 0.445 e. The van der Waals surface area contributed by atoms with Gasteiger partial charge in [-0.25, -0.2) is 4.79 Å². The van der Waals surface area contributed by atoms with Crippen LogP contribution in [0.25, 0.3) is 0 Å². The second-order valence-corrected chi connectivity index (χ2v) is 4.13. The first-order valence-electron chi connectivity index (χ1n) is 5.92. The van der Waals surface area contributed by atoms with Crippen LogP contribution in [-0.4, -0.2) is 35.7 Å². The molecule has 0 aromatic heterocycles. The van der Waals surface area contributed by atoms with E-state index in [9.17, 15) is 9.59 Å². The summed E-state index contributed by atoms with van der Waals surface area (Å²) >= 11 is 0. The summed E-state index contributed by atoms with van der Waals surface area (Å²) in [5.74, 6) is -0.445. The standard InChI is InChI=1S/C13H18N2O4/c1-9(14)12(17)11(7-16)15-13(18)19-8-10-5-3-2-4-6-10/h2-6,9,11,16H,7-8,14H2,1H3,(H,15,18)/t9-,11?/m0/s1. The zero-order chi connectivity index (χ0) is 14.3. The molecule has 1 amide bonds. The van der Waals surface area contributed by atoms with Gasteiger partial charge in [0, 0.05) is 0 Å². The second-order valence-electron chi connectivity index (χ2n) is 4.13. The first kappa shape index (κ1) is 15.1. The number of benzene rings is 1. The first-order chi connectivity index (χ1) is 9.04. The maximum atomic E-state index is 11.5. The maximum Gasteiger partial charge on any atom is 0.408 e. The highest BCUT2D eigenvalue weighted by Crippen LogP contribution is 2.01. The lowest BCUT2D eigenvalue weighted by molar-refractivity contribution is -0.122. The van der Waals surface area contributed by atoms with E-state index in [0.29, 0.717) is 0 Å². The van der Waals surface area contributed by atoms with Gasteiger partial charge in [0.1, 0.15) is 12.6 Å². The maximum absolute atomic E-state index is 11.5. The van der Waals surface area contributed by atoms with Crippen LogP contribution in [0.5, 0.6) is 0 Å².